The lowest BCUT2D eigenvalue weighted by molar-refractivity contribution is -0.137. The fourth-order valence-electron chi connectivity index (χ4n) is 1.86. The predicted molar refractivity (Wildman–Crippen MR) is 61.8 cm³/mol. The molecule has 0 bridgehead atoms. The van der Waals surface area contributed by atoms with Crippen molar-refractivity contribution >= 4 is 29.3 Å². The zero-order chi connectivity index (χ0) is 10.8. The lowest BCUT2D eigenvalue weighted by Crippen LogP contribution is -2.11. The summed E-state index contributed by atoms with van der Waals surface area (Å²) in [4.78, 5) is 11.9. The summed E-state index contributed by atoms with van der Waals surface area (Å²) < 4.78 is 0. The number of thioether (sulfide) groups is 1. The van der Waals surface area contributed by atoms with Gasteiger partial charge >= 0.3 is 5.97 Å². The van der Waals surface area contributed by atoms with Gasteiger partial charge < -0.3 is 5.11 Å². The normalized spacial score (nSPS) is 19.7. The van der Waals surface area contributed by atoms with Crippen LogP contribution >= 0.6 is 23.4 Å². The van der Waals surface area contributed by atoms with E-state index in [2.05, 4.69) is 0 Å². The van der Waals surface area contributed by atoms with Crippen molar-refractivity contribution in [2.75, 3.05) is 5.75 Å². The standard InChI is InChI=1S/C11H11ClO2S/c12-8-1-2-9-7(5-11(13)14)3-4-15-10(9)6-8/h1-2,6-7H,3-5H2,(H,13,14). The van der Waals surface area contributed by atoms with Gasteiger partial charge in [0.1, 0.15) is 0 Å². The van der Waals surface area contributed by atoms with Gasteiger partial charge in [0, 0.05) is 9.92 Å². The first-order valence-corrected chi connectivity index (χ1v) is 6.17. The van der Waals surface area contributed by atoms with Crippen molar-refractivity contribution in [1.29, 1.82) is 0 Å². The minimum Gasteiger partial charge on any atom is -0.481 e. The van der Waals surface area contributed by atoms with Gasteiger partial charge in [0.2, 0.25) is 0 Å². The van der Waals surface area contributed by atoms with Gasteiger partial charge in [0.15, 0.2) is 0 Å². The van der Waals surface area contributed by atoms with Gasteiger partial charge in [-0.25, -0.2) is 0 Å². The average molecular weight is 243 g/mol. The Kier molecular flexibility index (Phi) is 3.22. The molecule has 0 aliphatic carbocycles. The first-order chi connectivity index (χ1) is 7.16. The summed E-state index contributed by atoms with van der Waals surface area (Å²) in [5.74, 6) is 0.398. The van der Waals surface area contributed by atoms with E-state index in [9.17, 15) is 4.79 Å². The zero-order valence-corrected chi connectivity index (χ0v) is 9.64. The highest BCUT2D eigenvalue weighted by atomic mass is 35.5. The Bertz CT molecular complexity index is 392. The van der Waals surface area contributed by atoms with Gasteiger partial charge in [-0.05, 0) is 35.8 Å². The highest BCUT2D eigenvalue weighted by Crippen LogP contribution is 2.40. The number of hydrogen-bond donors (Lipinski definition) is 1. The molecule has 1 heterocycles. The predicted octanol–water partition coefficient (Wildman–Crippen LogP) is 3.39. The maximum atomic E-state index is 10.7. The minimum atomic E-state index is -0.729. The van der Waals surface area contributed by atoms with E-state index in [0.29, 0.717) is 0 Å². The first-order valence-electron chi connectivity index (χ1n) is 4.81. The SMILES string of the molecule is O=C(O)CC1CCSc2cc(Cl)ccc21. The summed E-state index contributed by atoms with van der Waals surface area (Å²) in [7, 11) is 0. The van der Waals surface area contributed by atoms with Gasteiger partial charge in [-0.3, -0.25) is 4.79 Å². The molecule has 4 heteroatoms. The number of carbonyl (C=O) groups is 1. The summed E-state index contributed by atoms with van der Waals surface area (Å²) in [5, 5.41) is 9.53. The number of aliphatic carboxylic acids is 1. The monoisotopic (exact) mass is 242 g/mol. The number of carboxylic acids is 1. The van der Waals surface area contributed by atoms with Crippen molar-refractivity contribution in [3.05, 3.63) is 28.8 Å². The highest BCUT2D eigenvalue weighted by molar-refractivity contribution is 7.99. The number of hydrogen-bond acceptors (Lipinski definition) is 2. The number of fused-ring (bicyclic) bond motifs is 1. The molecule has 0 aromatic heterocycles. The Balaban J connectivity index is 2.30. The molecule has 1 aromatic rings. The maximum absolute atomic E-state index is 10.7. The minimum absolute atomic E-state index is 0.149. The summed E-state index contributed by atoms with van der Waals surface area (Å²) in [5.41, 5.74) is 1.14. The molecule has 2 rings (SSSR count). The summed E-state index contributed by atoms with van der Waals surface area (Å²) in [6.45, 7) is 0. The van der Waals surface area contributed by atoms with Crippen LogP contribution in [0.2, 0.25) is 5.02 Å². The third-order valence-corrected chi connectivity index (χ3v) is 3.90. The molecule has 2 nitrogen and oxygen atoms in total. The van der Waals surface area contributed by atoms with E-state index in [1.807, 2.05) is 18.2 Å². The van der Waals surface area contributed by atoms with Gasteiger partial charge in [-0.15, -0.1) is 11.8 Å². The Hall–Kier alpha value is -0.670. The Labute approximate surface area is 97.6 Å². The van der Waals surface area contributed by atoms with Crippen molar-refractivity contribution in [1.82, 2.24) is 0 Å². The molecule has 0 saturated heterocycles. The van der Waals surface area contributed by atoms with Crippen LogP contribution < -0.4 is 0 Å². The fourth-order valence-corrected chi connectivity index (χ4v) is 3.33. The molecule has 0 radical (unpaired) electrons. The largest absolute Gasteiger partial charge is 0.481 e. The number of benzene rings is 1. The summed E-state index contributed by atoms with van der Waals surface area (Å²) in [6, 6.07) is 5.72. The van der Waals surface area contributed by atoms with Crippen molar-refractivity contribution in [3.8, 4) is 0 Å². The molecule has 0 spiro atoms. The van der Waals surface area contributed by atoms with Crippen LogP contribution in [0.3, 0.4) is 0 Å². The van der Waals surface area contributed by atoms with E-state index in [4.69, 9.17) is 16.7 Å². The van der Waals surface area contributed by atoms with Crippen LogP contribution in [0.5, 0.6) is 0 Å². The topological polar surface area (TPSA) is 37.3 Å². The molecule has 1 atom stereocenters. The zero-order valence-electron chi connectivity index (χ0n) is 8.07. The molecule has 1 aliphatic rings. The van der Waals surface area contributed by atoms with E-state index >= 15 is 0 Å². The van der Waals surface area contributed by atoms with Crippen LogP contribution in [0.15, 0.2) is 23.1 Å². The van der Waals surface area contributed by atoms with Crippen molar-refractivity contribution < 1.29 is 9.90 Å². The third kappa shape index (κ3) is 2.47. The van der Waals surface area contributed by atoms with Crippen LogP contribution in [0.4, 0.5) is 0 Å². The average Bonchev–Trinajstić information content (AvgIpc) is 2.16. The van der Waals surface area contributed by atoms with Crippen molar-refractivity contribution in [2.45, 2.75) is 23.7 Å². The summed E-state index contributed by atoms with van der Waals surface area (Å²) in [6.07, 6.45) is 1.15. The highest BCUT2D eigenvalue weighted by Gasteiger charge is 2.22. The van der Waals surface area contributed by atoms with Gasteiger partial charge in [0.25, 0.3) is 0 Å². The quantitative estimate of drug-likeness (QED) is 0.864. The molecule has 1 aliphatic heterocycles. The molecule has 0 amide bonds. The van der Waals surface area contributed by atoms with Crippen LogP contribution in [-0.4, -0.2) is 16.8 Å². The molecule has 1 N–H and O–H groups in total. The lowest BCUT2D eigenvalue weighted by Gasteiger charge is -2.23. The van der Waals surface area contributed by atoms with Crippen LogP contribution in [0, 0.1) is 0 Å². The van der Waals surface area contributed by atoms with E-state index in [1.54, 1.807) is 11.8 Å². The van der Waals surface area contributed by atoms with Gasteiger partial charge in [0.05, 0.1) is 6.42 Å². The Morgan fingerprint density at radius 3 is 3.13 bits per heavy atom. The van der Waals surface area contributed by atoms with Crippen molar-refractivity contribution in [3.63, 3.8) is 0 Å². The number of halogens is 1. The molecular formula is C11H11ClO2S. The number of rotatable bonds is 2. The molecule has 1 unspecified atom stereocenters. The molecule has 15 heavy (non-hydrogen) atoms. The van der Waals surface area contributed by atoms with Crippen molar-refractivity contribution in [2.24, 2.45) is 0 Å². The van der Waals surface area contributed by atoms with E-state index in [1.165, 1.54) is 0 Å². The first kappa shape index (κ1) is 10.8. The molecule has 1 aromatic carbocycles. The molecule has 0 saturated carbocycles. The van der Waals surface area contributed by atoms with E-state index in [0.717, 1.165) is 27.7 Å². The van der Waals surface area contributed by atoms with E-state index < -0.39 is 5.97 Å². The van der Waals surface area contributed by atoms with Gasteiger partial charge in [-0.1, -0.05) is 17.7 Å². The van der Waals surface area contributed by atoms with E-state index in [-0.39, 0.29) is 12.3 Å². The number of carboxylic acid groups (broad SMARTS) is 1. The van der Waals surface area contributed by atoms with Gasteiger partial charge in [-0.2, -0.15) is 0 Å². The maximum Gasteiger partial charge on any atom is 0.303 e. The smallest absolute Gasteiger partial charge is 0.303 e. The fraction of sp³-hybridized carbons (Fsp3) is 0.364. The van der Waals surface area contributed by atoms with Crippen LogP contribution in [0.25, 0.3) is 0 Å². The van der Waals surface area contributed by atoms with Crippen LogP contribution in [0.1, 0.15) is 24.3 Å². The Morgan fingerprint density at radius 2 is 2.40 bits per heavy atom. The van der Waals surface area contributed by atoms with Crippen LogP contribution in [-0.2, 0) is 4.79 Å². The Morgan fingerprint density at radius 1 is 1.60 bits per heavy atom. The molecule has 0 fully saturated rings. The second-order valence-electron chi connectivity index (χ2n) is 3.61. The third-order valence-electron chi connectivity index (χ3n) is 2.56. The molecule has 80 valence electrons. The summed E-state index contributed by atoms with van der Waals surface area (Å²) >= 11 is 7.66. The lowest BCUT2D eigenvalue weighted by atomic mass is 9.93. The molecular weight excluding hydrogens is 232 g/mol. The second-order valence-corrected chi connectivity index (χ2v) is 5.19. The second kappa shape index (κ2) is 4.45.